The molecule has 0 heterocycles. The molecule has 3 aromatic rings. The summed E-state index contributed by atoms with van der Waals surface area (Å²) in [6, 6.07) is 18.0. The molecule has 0 unspecified atom stereocenters. The second kappa shape index (κ2) is 9.73. The predicted molar refractivity (Wildman–Crippen MR) is 122 cm³/mol. The first kappa shape index (κ1) is 21.0. The van der Waals surface area contributed by atoms with Gasteiger partial charge in [-0.15, -0.1) is 0 Å². The standard InChI is InChI=1S/C28H32F2/c1-2-3-4-5-6-20-7-9-21(10-8-20)22-11-13-23(14-12-22)24-15-16-25-18-27(29)28(30)19-26(25)17-24/h7-10,15-19,22-23H,2-6,11-14H2,1H3. The van der Waals surface area contributed by atoms with Crippen LogP contribution in [0.4, 0.5) is 8.78 Å². The number of hydrogen-bond acceptors (Lipinski definition) is 0. The Labute approximate surface area is 179 Å². The normalized spacial score (nSPS) is 19.3. The van der Waals surface area contributed by atoms with Crippen LogP contribution in [0.3, 0.4) is 0 Å². The second-order valence-electron chi connectivity index (χ2n) is 8.97. The molecule has 3 aromatic carbocycles. The van der Waals surface area contributed by atoms with Crippen LogP contribution in [0, 0.1) is 11.6 Å². The van der Waals surface area contributed by atoms with E-state index < -0.39 is 11.6 Å². The summed E-state index contributed by atoms with van der Waals surface area (Å²) < 4.78 is 27.1. The Hall–Kier alpha value is -2.22. The Bertz CT molecular complexity index is 966. The van der Waals surface area contributed by atoms with Gasteiger partial charge in [0.25, 0.3) is 0 Å². The van der Waals surface area contributed by atoms with Gasteiger partial charge in [0.1, 0.15) is 0 Å². The summed E-state index contributed by atoms with van der Waals surface area (Å²) >= 11 is 0. The van der Waals surface area contributed by atoms with Crippen molar-refractivity contribution < 1.29 is 8.78 Å². The smallest absolute Gasteiger partial charge is 0.159 e. The van der Waals surface area contributed by atoms with Crippen molar-refractivity contribution in [3.05, 3.63) is 82.9 Å². The van der Waals surface area contributed by atoms with Gasteiger partial charge in [-0.25, -0.2) is 8.78 Å². The monoisotopic (exact) mass is 406 g/mol. The number of rotatable bonds is 7. The number of hydrogen-bond donors (Lipinski definition) is 0. The molecule has 0 aromatic heterocycles. The van der Waals surface area contributed by atoms with Gasteiger partial charge in [0, 0.05) is 0 Å². The third kappa shape index (κ3) is 4.91. The minimum atomic E-state index is -0.775. The topological polar surface area (TPSA) is 0 Å². The van der Waals surface area contributed by atoms with E-state index in [1.807, 2.05) is 6.07 Å². The van der Waals surface area contributed by atoms with E-state index in [0.29, 0.717) is 11.8 Å². The highest BCUT2D eigenvalue weighted by Gasteiger charge is 2.23. The third-order valence-electron chi connectivity index (χ3n) is 6.87. The average molecular weight is 407 g/mol. The van der Waals surface area contributed by atoms with Gasteiger partial charge in [0.15, 0.2) is 11.6 Å². The fraction of sp³-hybridized carbons (Fsp3) is 0.429. The zero-order valence-electron chi connectivity index (χ0n) is 18.0. The molecule has 0 spiro atoms. The summed E-state index contributed by atoms with van der Waals surface area (Å²) in [5, 5.41) is 1.56. The number of halogens is 2. The Balaban J connectivity index is 1.35. The molecule has 0 N–H and O–H groups in total. The predicted octanol–water partition coefficient (Wildman–Crippen LogP) is 8.68. The number of fused-ring (bicyclic) bond motifs is 1. The minimum Gasteiger partial charge on any atom is -0.204 e. The zero-order chi connectivity index (χ0) is 20.9. The largest absolute Gasteiger partial charge is 0.204 e. The summed E-state index contributed by atoms with van der Waals surface area (Å²) in [5.41, 5.74) is 4.19. The van der Waals surface area contributed by atoms with E-state index in [0.717, 1.165) is 23.6 Å². The van der Waals surface area contributed by atoms with Crippen molar-refractivity contribution in [1.29, 1.82) is 0 Å². The molecule has 0 bridgehead atoms. The van der Waals surface area contributed by atoms with Crippen molar-refractivity contribution in [2.24, 2.45) is 0 Å². The average Bonchev–Trinajstić information content (AvgIpc) is 2.78. The molecular formula is C28H32F2. The molecule has 4 rings (SSSR count). The van der Waals surface area contributed by atoms with E-state index in [1.165, 1.54) is 73.8 Å². The van der Waals surface area contributed by atoms with E-state index in [1.54, 1.807) is 0 Å². The maximum Gasteiger partial charge on any atom is 0.159 e. The summed E-state index contributed by atoms with van der Waals surface area (Å²) in [4.78, 5) is 0. The van der Waals surface area contributed by atoms with Crippen molar-refractivity contribution in [1.82, 2.24) is 0 Å². The molecule has 2 heteroatoms. The van der Waals surface area contributed by atoms with Crippen LogP contribution in [-0.2, 0) is 6.42 Å². The lowest BCUT2D eigenvalue weighted by molar-refractivity contribution is 0.396. The molecule has 1 saturated carbocycles. The molecule has 0 atom stereocenters. The molecule has 0 nitrogen and oxygen atoms in total. The maximum atomic E-state index is 13.6. The minimum absolute atomic E-state index is 0.511. The van der Waals surface area contributed by atoms with Crippen LogP contribution < -0.4 is 0 Å². The van der Waals surface area contributed by atoms with Crippen LogP contribution in [0.5, 0.6) is 0 Å². The Morgan fingerprint density at radius 2 is 1.27 bits per heavy atom. The highest BCUT2D eigenvalue weighted by atomic mass is 19.2. The van der Waals surface area contributed by atoms with E-state index >= 15 is 0 Å². The van der Waals surface area contributed by atoms with Crippen molar-refractivity contribution in [2.75, 3.05) is 0 Å². The van der Waals surface area contributed by atoms with Crippen LogP contribution in [-0.4, -0.2) is 0 Å². The molecule has 0 amide bonds. The molecular weight excluding hydrogens is 374 g/mol. The first-order chi connectivity index (χ1) is 14.6. The van der Waals surface area contributed by atoms with E-state index in [-0.39, 0.29) is 0 Å². The van der Waals surface area contributed by atoms with Gasteiger partial charge >= 0.3 is 0 Å². The highest BCUT2D eigenvalue weighted by molar-refractivity contribution is 5.83. The highest BCUT2D eigenvalue weighted by Crippen LogP contribution is 2.41. The van der Waals surface area contributed by atoms with Crippen LogP contribution >= 0.6 is 0 Å². The lowest BCUT2D eigenvalue weighted by Gasteiger charge is -2.29. The summed E-state index contributed by atoms with van der Waals surface area (Å²) in [6.45, 7) is 2.25. The van der Waals surface area contributed by atoms with E-state index in [9.17, 15) is 8.78 Å². The van der Waals surface area contributed by atoms with Crippen LogP contribution in [0.25, 0.3) is 10.8 Å². The van der Waals surface area contributed by atoms with Gasteiger partial charge in [0.2, 0.25) is 0 Å². The maximum absolute atomic E-state index is 13.6. The van der Waals surface area contributed by atoms with Crippen molar-refractivity contribution in [3.8, 4) is 0 Å². The SMILES string of the molecule is CCCCCCc1ccc(C2CCC(c3ccc4cc(F)c(F)cc4c3)CC2)cc1. The first-order valence-electron chi connectivity index (χ1n) is 11.6. The van der Waals surface area contributed by atoms with Gasteiger partial charge in [-0.1, -0.05) is 68.7 Å². The molecule has 0 radical (unpaired) electrons. The molecule has 158 valence electrons. The summed E-state index contributed by atoms with van der Waals surface area (Å²) in [7, 11) is 0. The molecule has 1 aliphatic rings. The van der Waals surface area contributed by atoms with Crippen LogP contribution in [0.15, 0.2) is 54.6 Å². The molecule has 1 fully saturated rings. The van der Waals surface area contributed by atoms with Gasteiger partial charge in [0.05, 0.1) is 0 Å². The quantitative estimate of drug-likeness (QED) is 0.344. The molecule has 0 aliphatic heterocycles. The van der Waals surface area contributed by atoms with Gasteiger partial charge in [-0.3, -0.25) is 0 Å². The van der Waals surface area contributed by atoms with E-state index in [4.69, 9.17) is 0 Å². The first-order valence-corrected chi connectivity index (χ1v) is 11.6. The lowest BCUT2D eigenvalue weighted by atomic mass is 9.76. The Morgan fingerprint density at radius 1 is 0.667 bits per heavy atom. The summed E-state index contributed by atoms with van der Waals surface area (Å²) in [5.74, 6) is -0.390. The van der Waals surface area contributed by atoms with E-state index in [2.05, 4.69) is 43.3 Å². The number of benzene rings is 3. The number of aryl methyl sites for hydroxylation is 1. The van der Waals surface area contributed by atoms with Crippen LogP contribution in [0.1, 0.15) is 86.8 Å². The second-order valence-corrected chi connectivity index (χ2v) is 8.97. The summed E-state index contributed by atoms with van der Waals surface area (Å²) in [6.07, 6.45) is 11.1. The molecule has 0 saturated heterocycles. The lowest BCUT2D eigenvalue weighted by Crippen LogP contribution is -2.12. The Kier molecular flexibility index (Phi) is 6.82. The van der Waals surface area contributed by atoms with Gasteiger partial charge in [-0.2, -0.15) is 0 Å². The third-order valence-corrected chi connectivity index (χ3v) is 6.87. The molecule has 30 heavy (non-hydrogen) atoms. The zero-order valence-corrected chi connectivity index (χ0v) is 18.0. The van der Waals surface area contributed by atoms with Crippen molar-refractivity contribution in [3.63, 3.8) is 0 Å². The molecule has 1 aliphatic carbocycles. The van der Waals surface area contributed by atoms with Crippen molar-refractivity contribution >= 4 is 10.8 Å². The van der Waals surface area contributed by atoms with Crippen molar-refractivity contribution in [2.45, 2.75) is 76.5 Å². The fourth-order valence-corrected chi connectivity index (χ4v) is 4.99. The van der Waals surface area contributed by atoms with Gasteiger partial charge < -0.3 is 0 Å². The van der Waals surface area contributed by atoms with Gasteiger partial charge in [-0.05, 0) is 90.0 Å². The number of unbranched alkanes of at least 4 members (excludes halogenated alkanes) is 3. The fourth-order valence-electron chi connectivity index (χ4n) is 4.99. The Morgan fingerprint density at radius 3 is 1.93 bits per heavy atom. The van der Waals surface area contributed by atoms with Crippen LogP contribution in [0.2, 0.25) is 0 Å².